The molecule has 6 nitrogen and oxygen atoms in total. The van der Waals surface area contributed by atoms with Crippen LogP contribution >= 0.6 is 0 Å². The molecule has 1 rings (SSSR count). The smallest absolute Gasteiger partial charge is 0.263 e. The van der Waals surface area contributed by atoms with Crippen LogP contribution in [0.25, 0.3) is 0 Å². The van der Waals surface area contributed by atoms with Crippen molar-refractivity contribution in [1.82, 2.24) is 0 Å². The summed E-state index contributed by atoms with van der Waals surface area (Å²) in [6.45, 7) is 0. The number of nitrogens with zero attached hydrogens (tertiary/aromatic N) is 1. The topological polar surface area (TPSA) is 87.1 Å². The minimum Gasteiger partial charge on any atom is -0.263 e. The first kappa shape index (κ1) is 9.93. The lowest BCUT2D eigenvalue weighted by Gasteiger charge is -2.11. The lowest BCUT2D eigenvalue weighted by molar-refractivity contribution is 0.0467. The molecular formula is C6H7NO5S. The predicted octanol–water partition coefficient (Wildman–Crippen LogP) is 0.617. The number of para-hydroxylation sites is 1. The molecule has 1 aromatic carbocycles. The summed E-state index contributed by atoms with van der Waals surface area (Å²) in [6, 6.07) is 7.58. The molecule has 0 bridgehead atoms. The second kappa shape index (κ2) is 3.71. The van der Waals surface area contributed by atoms with E-state index >= 15 is 0 Å². The lowest BCUT2D eigenvalue weighted by Crippen LogP contribution is -2.22. The zero-order chi connectivity index (χ0) is 9.90. The molecule has 0 fully saturated rings. The van der Waals surface area contributed by atoms with Crippen molar-refractivity contribution in [3.05, 3.63) is 30.3 Å². The van der Waals surface area contributed by atoms with Gasteiger partial charge in [0.25, 0.3) is 0 Å². The molecule has 0 atom stereocenters. The molecule has 0 spiro atoms. The Kier molecular flexibility index (Phi) is 2.83. The molecule has 72 valence electrons. The summed E-state index contributed by atoms with van der Waals surface area (Å²) in [6.07, 6.45) is 0. The Bertz CT molecular complexity index is 362. The number of anilines is 1. The van der Waals surface area contributed by atoms with E-state index in [4.69, 9.17) is 9.76 Å². The lowest BCUT2D eigenvalue weighted by atomic mass is 10.3. The normalized spacial score (nSPS) is 11.2. The standard InChI is InChI=1S/C6H7NO5S/c8-7(12-13(9,10)11)6-4-2-1-3-5-6/h1-5,8H,(H,9,10,11). The second-order valence-electron chi connectivity index (χ2n) is 2.11. The first-order valence-electron chi connectivity index (χ1n) is 3.20. The van der Waals surface area contributed by atoms with Crippen LogP contribution in [0.4, 0.5) is 5.69 Å². The van der Waals surface area contributed by atoms with Crippen LogP contribution in [-0.4, -0.2) is 18.2 Å². The van der Waals surface area contributed by atoms with Gasteiger partial charge in [-0.15, -0.1) is 5.23 Å². The summed E-state index contributed by atoms with van der Waals surface area (Å²) in [5.74, 6) is 0. The molecule has 0 saturated carbocycles. The Morgan fingerprint density at radius 2 is 1.77 bits per heavy atom. The van der Waals surface area contributed by atoms with E-state index in [1.165, 1.54) is 12.1 Å². The van der Waals surface area contributed by atoms with Gasteiger partial charge in [-0.25, -0.2) is 0 Å². The van der Waals surface area contributed by atoms with Crippen molar-refractivity contribution < 1.29 is 22.5 Å². The number of hydrogen-bond donors (Lipinski definition) is 2. The van der Waals surface area contributed by atoms with Crippen LogP contribution in [-0.2, 0) is 14.7 Å². The average molecular weight is 205 g/mol. The molecule has 0 unspecified atom stereocenters. The summed E-state index contributed by atoms with van der Waals surface area (Å²) in [7, 11) is -4.70. The van der Waals surface area contributed by atoms with Gasteiger partial charge in [-0.3, -0.25) is 9.76 Å². The second-order valence-corrected chi connectivity index (χ2v) is 3.12. The Morgan fingerprint density at radius 1 is 1.23 bits per heavy atom. The zero-order valence-electron chi connectivity index (χ0n) is 6.36. The van der Waals surface area contributed by atoms with Crippen molar-refractivity contribution in [3.63, 3.8) is 0 Å². The molecule has 13 heavy (non-hydrogen) atoms. The van der Waals surface area contributed by atoms with Crippen molar-refractivity contribution in [2.75, 3.05) is 5.23 Å². The molecule has 1 aromatic rings. The van der Waals surface area contributed by atoms with Crippen LogP contribution < -0.4 is 5.23 Å². The SMILES string of the molecule is O=S(=O)(O)ON(O)c1ccccc1. The first-order valence-corrected chi connectivity index (χ1v) is 4.56. The molecule has 0 aliphatic heterocycles. The highest BCUT2D eigenvalue weighted by Gasteiger charge is 2.12. The van der Waals surface area contributed by atoms with Crippen molar-refractivity contribution >= 4 is 16.1 Å². The molecule has 0 heterocycles. The molecule has 0 amide bonds. The Hall–Kier alpha value is -1.15. The number of benzene rings is 1. The fourth-order valence-electron chi connectivity index (χ4n) is 0.688. The third kappa shape index (κ3) is 3.38. The van der Waals surface area contributed by atoms with Gasteiger partial charge in [0.1, 0.15) is 0 Å². The van der Waals surface area contributed by atoms with E-state index in [1.807, 2.05) is 0 Å². The van der Waals surface area contributed by atoms with E-state index < -0.39 is 10.4 Å². The minimum atomic E-state index is -4.70. The van der Waals surface area contributed by atoms with Crippen molar-refractivity contribution in [3.8, 4) is 0 Å². The molecular weight excluding hydrogens is 198 g/mol. The Morgan fingerprint density at radius 3 is 2.23 bits per heavy atom. The van der Waals surface area contributed by atoms with Crippen LogP contribution in [0.1, 0.15) is 0 Å². The van der Waals surface area contributed by atoms with E-state index in [9.17, 15) is 8.42 Å². The Balaban J connectivity index is 2.76. The summed E-state index contributed by atoms with van der Waals surface area (Å²) < 4.78 is 32.2. The highest BCUT2D eigenvalue weighted by Crippen LogP contribution is 2.11. The minimum absolute atomic E-state index is 0.0463. The van der Waals surface area contributed by atoms with Gasteiger partial charge in [-0.05, 0) is 12.1 Å². The third-order valence-corrected chi connectivity index (χ3v) is 1.47. The van der Waals surface area contributed by atoms with E-state index in [2.05, 4.69) is 4.28 Å². The van der Waals surface area contributed by atoms with E-state index in [1.54, 1.807) is 18.2 Å². The fraction of sp³-hybridized carbons (Fsp3) is 0. The van der Waals surface area contributed by atoms with Crippen LogP contribution in [0, 0.1) is 0 Å². The molecule has 0 aliphatic rings. The van der Waals surface area contributed by atoms with Gasteiger partial charge >= 0.3 is 10.4 Å². The largest absolute Gasteiger partial charge is 0.420 e. The maximum Gasteiger partial charge on any atom is 0.420 e. The van der Waals surface area contributed by atoms with E-state index in [0.29, 0.717) is 0 Å². The van der Waals surface area contributed by atoms with E-state index in [-0.39, 0.29) is 10.9 Å². The van der Waals surface area contributed by atoms with Crippen LogP contribution in [0.3, 0.4) is 0 Å². The summed E-state index contributed by atoms with van der Waals surface area (Å²) >= 11 is 0. The van der Waals surface area contributed by atoms with Gasteiger partial charge in [0.05, 0.1) is 5.69 Å². The van der Waals surface area contributed by atoms with Crippen LogP contribution in [0.5, 0.6) is 0 Å². The van der Waals surface area contributed by atoms with Gasteiger partial charge < -0.3 is 0 Å². The highest BCUT2D eigenvalue weighted by atomic mass is 32.3. The molecule has 0 saturated heterocycles. The maximum absolute atomic E-state index is 10.1. The molecule has 0 aromatic heterocycles. The summed E-state index contributed by atoms with van der Waals surface area (Å²) in [5, 5.41) is 8.88. The van der Waals surface area contributed by atoms with Crippen molar-refractivity contribution in [2.24, 2.45) is 0 Å². The molecule has 7 heteroatoms. The van der Waals surface area contributed by atoms with Gasteiger partial charge in [-0.1, -0.05) is 22.5 Å². The monoisotopic (exact) mass is 205 g/mol. The van der Waals surface area contributed by atoms with Crippen LogP contribution in [0.2, 0.25) is 0 Å². The number of hydrogen-bond acceptors (Lipinski definition) is 5. The van der Waals surface area contributed by atoms with Gasteiger partial charge in [0, 0.05) is 0 Å². The van der Waals surface area contributed by atoms with Crippen LogP contribution in [0.15, 0.2) is 30.3 Å². The third-order valence-electron chi connectivity index (χ3n) is 1.14. The highest BCUT2D eigenvalue weighted by molar-refractivity contribution is 7.80. The van der Waals surface area contributed by atoms with Gasteiger partial charge in [-0.2, -0.15) is 8.42 Å². The quantitative estimate of drug-likeness (QED) is 0.555. The Labute approximate surface area is 74.8 Å². The van der Waals surface area contributed by atoms with Gasteiger partial charge in [0.2, 0.25) is 0 Å². The average Bonchev–Trinajstić information content (AvgIpc) is 2.03. The number of rotatable bonds is 3. The fourth-order valence-corrected chi connectivity index (χ4v) is 0.952. The van der Waals surface area contributed by atoms with E-state index in [0.717, 1.165) is 0 Å². The maximum atomic E-state index is 10.1. The molecule has 2 N–H and O–H groups in total. The molecule has 0 radical (unpaired) electrons. The zero-order valence-corrected chi connectivity index (χ0v) is 7.18. The predicted molar refractivity (Wildman–Crippen MR) is 43.3 cm³/mol. The van der Waals surface area contributed by atoms with Crippen molar-refractivity contribution in [2.45, 2.75) is 0 Å². The van der Waals surface area contributed by atoms with Gasteiger partial charge in [0.15, 0.2) is 0 Å². The molecule has 0 aliphatic carbocycles. The first-order chi connectivity index (χ1) is 5.99. The summed E-state index contributed by atoms with van der Waals surface area (Å²) in [5.41, 5.74) is 0.0834. The summed E-state index contributed by atoms with van der Waals surface area (Å²) in [4.78, 5) is 0. The van der Waals surface area contributed by atoms with Crippen molar-refractivity contribution in [1.29, 1.82) is 0 Å².